The number of hydrogen-bond donors (Lipinski definition) is 1. The molecule has 0 aliphatic rings. The summed E-state index contributed by atoms with van der Waals surface area (Å²) >= 11 is 0. The van der Waals surface area contributed by atoms with Crippen LogP contribution >= 0.6 is 0 Å². The lowest BCUT2D eigenvalue weighted by Crippen LogP contribution is -2.16. The largest absolute Gasteiger partial charge is 0.491 e. The molecule has 0 saturated carbocycles. The number of ether oxygens (including phenoxy) is 1. The Morgan fingerprint density at radius 2 is 2.31 bits per heavy atom. The van der Waals surface area contributed by atoms with Gasteiger partial charge < -0.3 is 14.7 Å². The molecule has 0 aromatic carbocycles. The van der Waals surface area contributed by atoms with E-state index in [1.54, 1.807) is 12.1 Å². The van der Waals surface area contributed by atoms with Gasteiger partial charge in [-0.15, -0.1) is 0 Å². The lowest BCUT2D eigenvalue weighted by atomic mass is 10.3. The van der Waals surface area contributed by atoms with Crippen LogP contribution < -0.4 is 4.74 Å². The fourth-order valence-corrected chi connectivity index (χ4v) is 1.23. The van der Waals surface area contributed by atoms with Crippen LogP contribution in [0.15, 0.2) is 18.3 Å². The van der Waals surface area contributed by atoms with E-state index in [0.717, 1.165) is 13.0 Å². The second-order valence-electron chi connectivity index (χ2n) is 3.66. The number of carboxylic acid groups (broad SMARTS) is 1. The summed E-state index contributed by atoms with van der Waals surface area (Å²) in [5.41, 5.74) is -0.0349. The van der Waals surface area contributed by atoms with Crippen molar-refractivity contribution in [3.8, 4) is 5.75 Å². The molecule has 1 aromatic rings. The average molecular weight is 224 g/mol. The van der Waals surface area contributed by atoms with E-state index in [0.29, 0.717) is 12.4 Å². The van der Waals surface area contributed by atoms with Gasteiger partial charge in [-0.2, -0.15) is 0 Å². The Hall–Kier alpha value is -1.62. The Bertz CT molecular complexity index is 353. The van der Waals surface area contributed by atoms with Gasteiger partial charge >= 0.3 is 5.97 Å². The van der Waals surface area contributed by atoms with E-state index in [1.165, 1.54) is 6.20 Å². The zero-order valence-electron chi connectivity index (χ0n) is 9.51. The van der Waals surface area contributed by atoms with Gasteiger partial charge in [-0.25, -0.2) is 9.78 Å². The van der Waals surface area contributed by atoms with Gasteiger partial charge in [0, 0.05) is 12.7 Å². The third-order valence-corrected chi connectivity index (χ3v) is 1.98. The predicted molar refractivity (Wildman–Crippen MR) is 59.9 cm³/mol. The zero-order chi connectivity index (χ0) is 12.0. The Morgan fingerprint density at radius 3 is 2.94 bits per heavy atom. The number of carbonyl (C=O) groups is 1. The first-order chi connectivity index (χ1) is 7.61. The number of hydrogen-bond acceptors (Lipinski definition) is 4. The molecule has 16 heavy (non-hydrogen) atoms. The van der Waals surface area contributed by atoms with Gasteiger partial charge in [-0.3, -0.25) is 0 Å². The van der Waals surface area contributed by atoms with Gasteiger partial charge in [0.2, 0.25) is 0 Å². The topological polar surface area (TPSA) is 62.7 Å². The Morgan fingerprint density at radius 1 is 1.56 bits per heavy atom. The summed E-state index contributed by atoms with van der Waals surface area (Å²) < 4.78 is 5.38. The predicted octanol–water partition coefficient (Wildman–Crippen LogP) is 1.11. The highest BCUT2D eigenvalue weighted by molar-refractivity contribution is 5.88. The van der Waals surface area contributed by atoms with E-state index in [1.807, 2.05) is 19.0 Å². The van der Waals surface area contributed by atoms with Gasteiger partial charge in [0.15, 0.2) is 11.4 Å². The number of pyridine rings is 1. The van der Waals surface area contributed by atoms with E-state index in [9.17, 15) is 4.79 Å². The molecule has 0 unspecified atom stereocenters. The molecule has 0 bridgehead atoms. The maximum atomic E-state index is 10.8. The van der Waals surface area contributed by atoms with Crippen molar-refractivity contribution >= 4 is 5.97 Å². The van der Waals surface area contributed by atoms with E-state index in [2.05, 4.69) is 4.98 Å². The minimum atomic E-state index is -1.07. The quantitative estimate of drug-likeness (QED) is 0.733. The van der Waals surface area contributed by atoms with Crippen LogP contribution in [0, 0.1) is 0 Å². The lowest BCUT2D eigenvalue weighted by molar-refractivity contribution is 0.0685. The number of carboxylic acids is 1. The summed E-state index contributed by atoms with van der Waals surface area (Å²) in [7, 11) is 3.96. The maximum absolute atomic E-state index is 10.8. The molecule has 0 saturated heterocycles. The molecule has 0 aliphatic heterocycles. The summed E-state index contributed by atoms with van der Waals surface area (Å²) in [4.78, 5) is 16.6. The molecule has 0 atom stereocenters. The first kappa shape index (κ1) is 12.4. The van der Waals surface area contributed by atoms with Crippen LogP contribution in [0.1, 0.15) is 16.9 Å². The molecule has 0 amide bonds. The molecular formula is C11H16N2O3. The fraction of sp³-hybridized carbons (Fsp3) is 0.455. The van der Waals surface area contributed by atoms with Gasteiger partial charge in [-0.05, 0) is 32.6 Å². The third-order valence-electron chi connectivity index (χ3n) is 1.98. The van der Waals surface area contributed by atoms with E-state index < -0.39 is 5.97 Å². The van der Waals surface area contributed by atoms with Crippen LogP contribution in [0.5, 0.6) is 5.75 Å². The molecule has 0 radical (unpaired) electrons. The van der Waals surface area contributed by atoms with Crippen molar-refractivity contribution in [2.24, 2.45) is 0 Å². The summed E-state index contributed by atoms with van der Waals surface area (Å²) in [6.45, 7) is 1.40. The van der Waals surface area contributed by atoms with E-state index in [-0.39, 0.29) is 5.69 Å². The van der Waals surface area contributed by atoms with Crippen LogP contribution in [-0.4, -0.2) is 48.2 Å². The normalized spacial score (nSPS) is 10.4. The summed E-state index contributed by atoms with van der Waals surface area (Å²) in [5.74, 6) is -0.739. The van der Waals surface area contributed by atoms with Crippen molar-refractivity contribution in [3.05, 3.63) is 24.0 Å². The van der Waals surface area contributed by atoms with Crippen LogP contribution in [0.2, 0.25) is 0 Å². The highest BCUT2D eigenvalue weighted by Crippen LogP contribution is 2.15. The molecule has 1 heterocycles. The van der Waals surface area contributed by atoms with Crippen molar-refractivity contribution in [1.82, 2.24) is 9.88 Å². The summed E-state index contributed by atoms with van der Waals surface area (Å²) in [6, 6.07) is 3.28. The molecule has 5 nitrogen and oxygen atoms in total. The number of aromatic carboxylic acids is 1. The van der Waals surface area contributed by atoms with Crippen molar-refractivity contribution < 1.29 is 14.6 Å². The number of nitrogens with zero attached hydrogens (tertiary/aromatic N) is 2. The number of aromatic nitrogens is 1. The minimum Gasteiger partial charge on any atom is -0.491 e. The Labute approximate surface area is 94.7 Å². The molecule has 5 heteroatoms. The molecule has 1 rings (SSSR count). The highest BCUT2D eigenvalue weighted by Gasteiger charge is 2.11. The standard InChI is InChI=1S/C11H16N2O3/c1-13(2)7-4-8-16-9-5-3-6-12-10(9)11(14)15/h3,5-6H,4,7-8H2,1-2H3,(H,14,15). The van der Waals surface area contributed by atoms with Crippen LogP contribution in [0.25, 0.3) is 0 Å². The van der Waals surface area contributed by atoms with Crippen LogP contribution in [0.3, 0.4) is 0 Å². The second-order valence-corrected chi connectivity index (χ2v) is 3.66. The molecule has 88 valence electrons. The third kappa shape index (κ3) is 3.86. The second kappa shape index (κ2) is 6.07. The fourth-order valence-electron chi connectivity index (χ4n) is 1.23. The van der Waals surface area contributed by atoms with Crippen LogP contribution in [0.4, 0.5) is 0 Å². The van der Waals surface area contributed by atoms with E-state index in [4.69, 9.17) is 9.84 Å². The lowest BCUT2D eigenvalue weighted by Gasteiger charge is -2.11. The average Bonchev–Trinajstić information content (AvgIpc) is 2.24. The van der Waals surface area contributed by atoms with Crippen molar-refractivity contribution in [2.75, 3.05) is 27.2 Å². The smallest absolute Gasteiger partial charge is 0.358 e. The molecule has 1 N–H and O–H groups in total. The van der Waals surface area contributed by atoms with Gasteiger partial charge in [-0.1, -0.05) is 0 Å². The maximum Gasteiger partial charge on any atom is 0.358 e. The molecule has 0 aliphatic carbocycles. The van der Waals surface area contributed by atoms with Gasteiger partial charge in [0.1, 0.15) is 0 Å². The Balaban J connectivity index is 2.50. The molecule has 1 aromatic heterocycles. The Kier molecular flexibility index (Phi) is 4.72. The summed E-state index contributed by atoms with van der Waals surface area (Å²) in [6.07, 6.45) is 2.29. The van der Waals surface area contributed by atoms with Crippen molar-refractivity contribution in [1.29, 1.82) is 0 Å². The monoisotopic (exact) mass is 224 g/mol. The van der Waals surface area contributed by atoms with Crippen molar-refractivity contribution in [2.45, 2.75) is 6.42 Å². The minimum absolute atomic E-state index is 0.0349. The molecule has 0 fully saturated rings. The van der Waals surface area contributed by atoms with Gasteiger partial charge in [0.25, 0.3) is 0 Å². The van der Waals surface area contributed by atoms with Crippen molar-refractivity contribution in [3.63, 3.8) is 0 Å². The first-order valence-electron chi connectivity index (χ1n) is 5.07. The molecular weight excluding hydrogens is 208 g/mol. The zero-order valence-corrected chi connectivity index (χ0v) is 9.51. The first-order valence-corrected chi connectivity index (χ1v) is 5.07. The van der Waals surface area contributed by atoms with Gasteiger partial charge in [0.05, 0.1) is 6.61 Å². The van der Waals surface area contributed by atoms with Crippen LogP contribution in [-0.2, 0) is 0 Å². The number of rotatable bonds is 6. The van der Waals surface area contributed by atoms with E-state index >= 15 is 0 Å². The summed E-state index contributed by atoms with van der Waals surface area (Å²) in [5, 5.41) is 8.86. The molecule has 0 spiro atoms. The SMILES string of the molecule is CN(C)CCCOc1cccnc1C(=O)O. The highest BCUT2D eigenvalue weighted by atomic mass is 16.5.